The lowest BCUT2D eigenvalue weighted by Gasteiger charge is -2.32. The average Bonchev–Trinajstić information content (AvgIpc) is 2.32. The van der Waals surface area contributed by atoms with Crippen molar-refractivity contribution in [2.24, 2.45) is 0 Å². The van der Waals surface area contributed by atoms with E-state index in [1.807, 2.05) is 0 Å². The lowest BCUT2D eigenvalue weighted by molar-refractivity contribution is 0.154. The molecule has 2 unspecified atom stereocenters. The number of β-amino-alcohol motifs (C(OH)–C–C–N with tert-alkyl or cyclic N) is 1. The number of aliphatic hydroxyl groups excluding tert-OH is 1. The van der Waals surface area contributed by atoms with Gasteiger partial charge in [0, 0.05) is 31.7 Å². The average molecular weight is 156 g/mol. The minimum atomic E-state index is 0.305. The Bertz CT molecular complexity index is 128. The van der Waals surface area contributed by atoms with Crippen molar-refractivity contribution in [3.8, 4) is 0 Å². The fourth-order valence-electron chi connectivity index (χ4n) is 2.21. The Morgan fingerprint density at radius 1 is 1.27 bits per heavy atom. The first-order valence-corrected chi connectivity index (χ1v) is 4.48. The predicted octanol–water partition coefficient (Wildman–Crippen LogP) is -0.585. The number of aliphatic hydroxyl groups is 1. The maximum absolute atomic E-state index is 8.75. The van der Waals surface area contributed by atoms with Crippen LogP contribution in [0, 0.1) is 0 Å². The summed E-state index contributed by atoms with van der Waals surface area (Å²) in [5, 5.41) is 12.3. The second-order valence-corrected chi connectivity index (χ2v) is 3.62. The van der Waals surface area contributed by atoms with Crippen LogP contribution in [0.25, 0.3) is 0 Å². The molecule has 2 fully saturated rings. The maximum atomic E-state index is 8.75. The lowest BCUT2D eigenvalue weighted by atomic mass is 10.2. The number of piperazine rings is 1. The minimum Gasteiger partial charge on any atom is -0.395 e. The van der Waals surface area contributed by atoms with E-state index in [0.29, 0.717) is 18.7 Å². The summed E-state index contributed by atoms with van der Waals surface area (Å²) >= 11 is 0. The number of nitrogens with one attached hydrogen (secondary N) is 1. The van der Waals surface area contributed by atoms with Gasteiger partial charge in [-0.2, -0.15) is 0 Å². The topological polar surface area (TPSA) is 35.5 Å². The summed E-state index contributed by atoms with van der Waals surface area (Å²) in [5.74, 6) is 0. The summed E-state index contributed by atoms with van der Waals surface area (Å²) in [4.78, 5) is 2.36. The Hall–Kier alpha value is -0.120. The summed E-state index contributed by atoms with van der Waals surface area (Å²) in [7, 11) is 0. The first-order chi connectivity index (χ1) is 5.38. The summed E-state index contributed by atoms with van der Waals surface area (Å²) in [5.41, 5.74) is 0. The molecule has 0 saturated carbocycles. The van der Waals surface area contributed by atoms with Crippen LogP contribution in [-0.2, 0) is 0 Å². The molecule has 3 heteroatoms. The zero-order chi connectivity index (χ0) is 7.68. The fourth-order valence-corrected chi connectivity index (χ4v) is 2.21. The molecular weight excluding hydrogens is 140 g/mol. The SMILES string of the molecule is OCCN1CC2CCC(C1)N2. The molecule has 64 valence electrons. The van der Waals surface area contributed by atoms with Crippen molar-refractivity contribution in [1.29, 1.82) is 0 Å². The highest BCUT2D eigenvalue weighted by Crippen LogP contribution is 2.19. The number of likely N-dealkylation sites (tertiary alicyclic amines) is 1. The van der Waals surface area contributed by atoms with E-state index in [-0.39, 0.29) is 0 Å². The van der Waals surface area contributed by atoms with Crippen molar-refractivity contribution in [3.05, 3.63) is 0 Å². The van der Waals surface area contributed by atoms with Gasteiger partial charge >= 0.3 is 0 Å². The Labute approximate surface area is 67.4 Å². The molecule has 2 aliphatic heterocycles. The number of hydrogen-bond acceptors (Lipinski definition) is 3. The van der Waals surface area contributed by atoms with Gasteiger partial charge in [-0.3, -0.25) is 4.90 Å². The quantitative estimate of drug-likeness (QED) is 0.561. The van der Waals surface area contributed by atoms with Gasteiger partial charge in [0.05, 0.1) is 6.61 Å². The second kappa shape index (κ2) is 3.09. The van der Waals surface area contributed by atoms with Crippen LogP contribution < -0.4 is 5.32 Å². The van der Waals surface area contributed by atoms with Crippen molar-refractivity contribution in [3.63, 3.8) is 0 Å². The summed E-state index contributed by atoms with van der Waals surface area (Å²) in [6.07, 6.45) is 2.65. The van der Waals surface area contributed by atoms with Gasteiger partial charge in [0.15, 0.2) is 0 Å². The predicted molar refractivity (Wildman–Crippen MR) is 43.5 cm³/mol. The Balaban J connectivity index is 1.87. The molecular formula is C8H16N2O. The van der Waals surface area contributed by atoms with Gasteiger partial charge in [-0.05, 0) is 12.8 Å². The highest BCUT2D eigenvalue weighted by atomic mass is 16.3. The van der Waals surface area contributed by atoms with Crippen LogP contribution in [0.2, 0.25) is 0 Å². The van der Waals surface area contributed by atoms with Crippen molar-refractivity contribution < 1.29 is 5.11 Å². The lowest BCUT2D eigenvalue weighted by Crippen LogP contribution is -2.51. The van der Waals surface area contributed by atoms with Crippen molar-refractivity contribution in [1.82, 2.24) is 10.2 Å². The van der Waals surface area contributed by atoms with Crippen LogP contribution in [0.3, 0.4) is 0 Å². The second-order valence-electron chi connectivity index (χ2n) is 3.62. The van der Waals surface area contributed by atoms with Gasteiger partial charge in [0.2, 0.25) is 0 Å². The molecule has 0 amide bonds. The van der Waals surface area contributed by atoms with Crippen LogP contribution in [0.5, 0.6) is 0 Å². The molecule has 0 aromatic rings. The summed E-state index contributed by atoms with van der Waals surface area (Å²) in [6.45, 7) is 3.43. The Morgan fingerprint density at radius 2 is 1.91 bits per heavy atom. The minimum absolute atomic E-state index is 0.305. The number of nitrogens with zero attached hydrogens (tertiary/aromatic N) is 1. The van der Waals surface area contributed by atoms with Gasteiger partial charge < -0.3 is 10.4 Å². The molecule has 2 N–H and O–H groups in total. The van der Waals surface area contributed by atoms with E-state index in [9.17, 15) is 0 Å². The van der Waals surface area contributed by atoms with Crippen LogP contribution >= 0.6 is 0 Å². The first kappa shape index (κ1) is 7.53. The maximum Gasteiger partial charge on any atom is 0.0558 e. The first-order valence-electron chi connectivity index (χ1n) is 4.48. The number of fused-ring (bicyclic) bond motifs is 2. The molecule has 11 heavy (non-hydrogen) atoms. The molecule has 2 heterocycles. The van der Waals surface area contributed by atoms with E-state index in [1.54, 1.807) is 0 Å². The smallest absolute Gasteiger partial charge is 0.0558 e. The monoisotopic (exact) mass is 156 g/mol. The molecule has 2 rings (SSSR count). The fraction of sp³-hybridized carbons (Fsp3) is 1.00. The van der Waals surface area contributed by atoms with Gasteiger partial charge in [-0.15, -0.1) is 0 Å². The van der Waals surface area contributed by atoms with E-state index in [0.717, 1.165) is 19.6 Å². The van der Waals surface area contributed by atoms with E-state index in [2.05, 4.69) is 10.2 Å². The summed E-state index contributed by atoms with van der Waals surface area (Å²) < 4.78 is 0. The molecule has 2 aliphatic rings. The van der Waals surface area contributed by atoms with Gasteiger partial charge in [0.25, 0.3) is 0 Å². The van der Waals surface area contributed by atoms with Crippen LogP contribution in [-0.4, -0.2) is 48.3 Å². The molecule has 2 atom stereocenters. The number of rotatable bonds is 2. The van der Waals surface area contributed by atoms with Gasteiger partial charge in [-0.25, -0.2) is 0 Å². The van der Waals surface area contributed by atoms with E-state index < -0.39 is 0 Å². The standard InChI is InChI=1S/C8H16N2O/c11-4-3-10-5-7-1-2-8(6-10)9-7/h7-9,11H,1-6H2. The molecule has 2 bridgehead atoms. The molecule has 3 nitrogen and oxygen atoms in total. The largest absolute Gasteiger partial charge is 0.395 e. The third-order valence-corrected chi connectivity index (χ3v) is 2.71. The van der Waals surface area contributed by atoms with Crippen molar-refractivity contribution in [2.45, 2.75) is 24.9 Å². The number of hydrogen-bond donors (Lipinski definition) is 2. The van der Waals surface area contributed by atoms with Crippen molar-refractivity contribution >= 4 is 0 Å². The van der Waals surface area contributed by atoms with E-state index >= 15 is 0 Å². The van der Waals surface area contributed by atoms with Crippen molar-refractivity contribution in [2.75, 3.05) is 26.2 Å². The molecule has 0 spiro atoms. The van der Waals surface area contributed by atoms with E-state index in [4.69, 9.17) is 5.11 Å². The third kappa shape index (κ3) is 1.55. The molecule has 0 aliphatic carbocycles. The molecule has 2 saturated heterocycles. The zero-order valence-electron chi connectivity index (χ0n) is 6.79. The molecule has 0 aromatic carbocycles. The third-order valence-electron chi connectivity index (χ3n) is 2.71. The van der Waals surface area contributed by atoms with Crippen LogP contribution in [0.4, 0.5) is 0 Å². The highest BCUT2D eigenvalue weighted by Gasteiger charge is 2.31. The zero-order valence-corrected chi connectivity index (χ0v) is 6.79. The van der Waals surface area contributed by atoms with Gasteiger partial charge in [0.1, 0.15) is 0 Å². The summed E-state index contributed by atoms with van der Waals surface area (Å²) in [6, 6.07) is 1.42. The molecule has 0 radical (unpaired) electrons. The normalized spacial score (nSPS) is 37.9. The highest BCUT2D eigenvalue weighted by molar-refractivity contribution is 4.92. The van der Waals surface area contributed by atoms with Gasteiger partial charge in [-0.1, -0.05) is 0 Å². The Kier molecular flexibility index (Phi) is 2.11. The van der Waals surface area contributed by atoms with Crippen LogP contribution in [0.1, 0.15) is 12.8 Å². The Morgan fingerprint density at radius 3 is 2.45 bits per heavy atom. The van der Waals surface area contributed by atoms with Crippen LogP contribution in [0.15, 0.2) is 0 Å². The van der Waals surface area contributed by atoms with E-state index in [1.165, 1.54) is 12.8 Å². The molecule has 0 aromatic heterocycles.